The molecular weight excluding hydrogens is 756 g/mol. The Hall–Kier alpha value is -6.73. The van der Waals surface area contributed by atoms with Crippen molar-refractivity contribution >= 4 is 73.3 Å². The van der Waals surface area contributed by atoms with E-state index in [-0.39, 0.29) is 28.7 Å². The summed E-state index contributed by atoms with van der Waals surface area (Å²) in [5.41, 5.74) is 11.8. The molecule has 7 heteroatoms. The zero-order valence-electron chi connectivity index (χ0n) is 27.5. The summed E-state index contributed by atoms with van der Waals surface area (Å²) in [7, 11) is 0. The number of aromatic nitrogens is 2. The normalized spacial score (nSPS) is 10.7. The van der Waals surface area contributed by atoms with Gasteiger partial charge in [-0.2, -0.15) is 10.5 Å². The lowest BCUT2D eigenvalue weighted by molar-refractivity contribution is 1.11. The fourth-order valence-corrected chi connectivity index (χ4v) is 7.35. The van der Waals surface area contributed by atoms with Crippen molar-refractivity contribution in [2.45, 2.75) is 0 Å². The summed E-state index contributed by atoms with van der Waals surface area (Å²) in [5.74, 6) is 0. The fraction of sp³-hybridized carbons (Fsp3) is 0. The minimum atomic E-state index is 0. The molecule has 0 bridgehead atoms. The summed E-state index contributed by atoms with van der Waals surface area (Å²) in [6, 6.07) is 55.8. The Balaban J connectivity index is 0.00000210. The van der Waals surface area contributed by atoms with Crippen molar-refractivity contribution in [2.75, 3.05) is 0 Å². The largest absolute Gasteiger partial charge is 0.309 e. The molecule has 0 saturated heterocycles. The minimum absolute atomic E-state index is 0. The molecule has 0 aliphatic rings. The summed E-state index contributed by atoms with van der Waals surface area (Å²) in [4.78, 5) is 3.71. The Labute approximate surface area is 316 Å². The molecule has 52 heavy (non-hydrogen) atoms. The number of rotatable bonds is 4. The number of nitrogens with zero attached hydrogens (tertiary/aromatic N) is 5. The molecule has 9 aromatic rings. The second-order valence-electron chi connectivity index (χ2n) is 12.3. The van der Waals surface area contributed by atoms with E-state index in [4.69, 9.17) is 6.57 Å². The number of benzene rings is 7. The predicted molar refractivity (Wildman–Crippen MR) is 220 cm³/mol. The van der Waals surface area contributed by atoms with Gasteiger partial charge in [-0.25, -0.2) is 4.85 Å². The van der Waals surface area contributed by atoms with Crippen molar-refractivity contribution < 1.29 is 4.70 Å². The molecule has 0 aliphatic carbocycles. The highest BCUT2D eigenvalue weighted by molar-refractivity contribution is 14.0. The maximum atomic E-state index is 10.1. The molecule has 0 fully saturated rings. The first-order valence-corrected chi connectivity index (χ1v) is 16.2. The molecule has 0 amide bonds. The van der Waals surface area contributed by atoms with Crippen LogP contribution in [0.2, 0.25) is 0 Å². The maximum Gasteiger partial charge on any atom is 0.188 e. The lowest BCUT2D eigenvalue weighted by atomic mass is 9.95. The average molecular weight is 784 g/mol. The fourth-order valence-electron chi connectivity index (χ4n) is 7.35. The standard InChI is InChI=1S/C45H25N5.FH.HI/c1-48-34-18-20-45-41(26-34)39-14-5-7-16-43(39)50(45)36-24-32(22-33(25-36)37-12-3-2-9-31(37)28-47)30-10-8-11-35(23-30)49-42-15-6-4-13-38(42)40-21-29(27-46)17-19-44(40)49;;/h2-26H;2*1H. The Bertz CT molecular complexity index is 2990. The van der Waals surface area contributed by atoms with E-state index >= 15 is 0 Å². The summed E-state index contributed by atoms with van der Waals surface area (Å²) in [6.45, 7) is 7.64. The first-order chi connectivity index (χ1) is 24.6. The third-order valence-electron chi connectivity index (χ3n) is 9.56. The van der Waals surface area contributed by atoms with Gasteiger partial charge in [-0.05, 0) is 107 Å². The molecule has 0 unspecified atom stereocenters. The molecule has 7 aromatic carbocycles. The van der Waals surface area contributed by atoms with Gasteiger partial charge in [0.1, 0.15) is 0 Å². The van der Waals surface area contributed by atoms with Gasteiger partial charge in [-0.15, -0.1) is 24.0 Å². The van der Waals surface area contributed by atoms with Gasteiger partial charge in [-0.3, -0.25) is 4.70 Å². The summed E-state index contributed by atoms with van der Waals surface area (Å²) >= 11 is 0. The van der Waals surface area contributed by atoms with E-state index in [1.165, 1.54) is 0 Å². The molecule has 2 aromatic heterocycles. The summed E-state index contributed by atoms with van der Waals surface area (Å²) < 4.78 is 4.51. The number of hydrogen-bond donors (Lipinski definition) is 0. The number of para-hydroxylation sites is 2. The van der Waals surface area contributed by atoms with E-state index in [1.54, 1.807) is 0 Å². The van der Waals surface area contributed by atoms with Gasteiger partial charge in [0.25, 0.3) is 0 Å². The Morgan fingerprint density at radius 2 is 1.08 bits per heavy atom. The monoisotopic (exact) mass is 783 g/mol. The predicted octanol–water partition coefficient (Wildman–Crippen LogP) is 12.3. The van der Waals surface area contributed by atoms with Crippen LogP contribution >= 0.6 is 24.0 Å². The molecule has 2 heterocycles. The van der Waals surface area contributed by atoms with E-state index in [0.29, 0.717) is 16.8 Å². The van der Waals surface area contributed by atoms with Gasteiger partial charge in [0.2, 0.25) is 0 Å². The Kier molecular flexibility index (Phi) is 8.78. The van der Waals surface area contributed by atoms with Crippen LogP contribution in [0, 0.1) is 29.2 Å². The number of fused-ring (bicyclic) bond motifs is 6. The highest BCUT2D eigenvalue weighted by Gasteiger charge is 2.17. The molecule has 0 atom stereocenters. The molecular formula is C45H27FIN5. The van der Waals surface area contributed by atoms with E-state index in [1.807, 2.05) is 84.9 Å². The van der Waals surface area contributed by atoms with Crippen LogP contribution in [-0.4, -0.2) is 9.13 Å². The lowest BCUT2D eigenvalue weighted by Gasteiger charge is -2.16. The van der Waals surface area contributed by atoms with Gasteiger partial charge in [0, 0.05) is 27.5 Å². The van der Waals surface area contributed by atoms with Crippen LogP contribution < -0.4 is 0 Å². The van der Waals surface area contributed by atoms with Crippen LogP contribution in [0.4, 0.5) is 10.4 Å². The third-order valence-corrected chi connectivity index (χ3v) is 9.56. The Morgan fingerprint density at radius 1 is 0.481 bits per heavy atom. The van der Waals surface area contributed by atoms with Gasteiger partial charge < -0.3 is 9.13 Å². The van der Waals surface area contributed by atoms with Crippen LogP contribution in [0.5, 0.6) is 0 Å². The summed E-state index contributed by atoms with van der Waals surface area (Å²) in [6.07, 6.45) is 0. The quantitative estimate of drug-likeness (QED) is 0.132. The number of hydrogen-bond acceptors (Lipinski definition) is 2. The molecule has 9 rings (SSSR count). The Morgan fingerprint density at radius 3 is 1.79 bits per heavy atom. The van der Waals surface area contributed by atoms with Crippen molar-refractivity contribution in [1.82, 2.24) is 9.13 Å². The average Bonchev–Trinajstić information content (AvgIpc) is 3.69. The number of halogens is 2. The van der Waals surface area contributed by atoms with E-state index in [2.05, 4.69) is 92.8 Å². The van der Waals surface area contributed by atoms with Crippen molar-refractivity contribution in [3.05, 3.63) is 174 Å². The van der Waals surface area contributed by atoms with Crippen molar-refractivity contribution in [3.63, 3.8) is 0 Å². The van der Waals surface area contributed by atoms with E-state index < -0.39 is 0 Å². The van der Waals surface area contributed by atoms with Gasteiger partial charge in [0.15, 0.2) is 5.69 Å². The van der Waals surface area contributed by atoms with Crippen LogP contribution in [-0.2, 0) is 0 Å². The molecule has 5 nitrogen and oxygen atoms in total. The lowest BCUT2D eigenvalue weighted by Crippen LogP contribution is -1.97. The first-order valence-electron chi connectivity index (χ1n) is 16.2. The topological polar surface area (TPSA) is 61.8 Å². The molecule has 0 N–H and O–H groups in total. The van der Waals surface area contributed by atoms with E-state index in [0.717, 1.165) is 77.2 Å². The molecule has 0 aliphatic heterocycles. The smallest absolute Gasteiger partial charge is 0.188 e. The first kappa shape index (κ1) is 33.8. The zero-order valence-corrected chi connectivity index (χ0v) is 29.8. The minimum Gasteiger partial charge on any atom is -0.309 e. The number of nitriles is 2. The second-order valence-corrected chi connectivity index (χ2v) is 12.3. The van der Waals surface area contributed by atoms with Crippen molar-refractivity contribution in [1.29, 1.82) is 10.5 Å². The van der Waals surface area contributed by atoms with Gasteiger partial charge in [-0.1, -0.05) is 72.8 Å². The molecule has 0 spiro atoms. The second kappa shape index (κ2) is 13.5. The van der Waals surface area contributed by atoms with Gasteiger partial charge >= 0.3 is 0 Å². The van der Waals surface area contributed by atoms with Crippen molar-refractivity contribution in [3.8, 4) is 45.8 Å². The SMILES string of the molecule is F.I.[C-]#[N+]c1ccc2c(c1)c1ccccc1n2-c1cc(-c2cccc(-n3c4ccccc4c4cc(C#N)ccc43)c2)cc(-c2ccccc2C#N)c1. The molecule has 0 saturated carbocycles. The van der Waals surface area contributed by atoms with Gasteiger partial charge in [0.05, 0.1) is 51.9 Å². The highest BCUT2D eigenvalue weighted by Crippen LogP contribution is 2.39. The van der Waals surface area contributed by atoms with E-state index in [9.17, 15) is 10.5 Å². The van der Waals surface area contributed by atoms with Crippen LogP contribution in [0.15, 0.2) is 152 Å². The van der Waals surface area contributed by atoms with Crippen LogP contribution in [0.1, 0.15) is 11.1 Å². The molecule has 246 valence electrons. The maximum absolute atomic E-state index is 10.1. The highest BCUT2D eigenvalue weighted by atomic mass is 127. The summed E-state index contributed by atoms with van der Waals surface area (Å²) in [5, 5.41) is 24.0. The zero-order chi connectivity index (χ0) is 33.8. The van der Waals surface area contributed by atoms with Crippen LogP contribution in [0.3, 0.4) is 0 Å². The van der Waals surface area contributed by atoms with Crippen LogP contribution in [0.25, 0.3) is 82.1 Å². The third kappa shape index (κ3) is 5.34. The molecule has 0 radical (unpaired) electrons. The van der Waals surface area contributed by atoms with Crippen molar-refractivity contribution in [2.24, 2.45) is 0 Å².